The van der Waals surface area contributed by atoms with Crippen molar-refractivity contribution in [2.75, 3.05) is 36.8 Å². The number of carbonyl (C=O) groups excluding carboxylic acids is 1. The van der Waals surface area contributed by atoms with Crippen LogP contribution in [0.15, 0.2) is 47.2 Å². The van der Waals surface area contributed by atoms with Crippen molar-refractivity contribution >= 4 is 27.8 Å². The van der Waals surface area contributed by atoms with E-state index in [1.807, 2.05) is 30.3 Å². The Morgan fingerprint density at radius 2 is 2.15 bits per heavy atom. The van der Waals surface area contributed by atoms with Gasteiger partial charge in [-0.15, -0.1) is 0 Å². The molecule has 0 atom stereocenters. The number of aromatic nitrogens is 1. The lowest BCUT2D eigenvalue weighted by Gasteiger charge is -2.27. The summed E-state index contributed by atoms with van der Waals surface area (Å²) in [5, 5.41) is 4.90. The normalized spacial score (nSPS) is 14.5. The fraction of sp³-hybridized carbons (Fsp3) is 0.263. The minimum absolute atomic E-state index is 0.0142. The highest BCUT2D eigenvalue weighted by atomic mass is 32.1. The first-order chi connectivity index (χ1) is 12.7. The first-order valence-corrected chi connectivity index (χ1v) is 9.39. The average molecular weight is 368 g/mol. The number of hydrogen-bond donors (Lipinski definition) is 2. The highest BCUT2D eigenvalue weighted by Gasteiger charge is 2.18. The Balaban J connectivity index is 1.51. The monoisotopic (exact) mass is 368 g/mol. The van der Waals surface area contributed by atoms with E-state index in [2.05, 4.69) is 15.2 Å². The summed E-state index contributed by atoms with van der Waals surface area (Å²) >= 11 is 1.45. The van der Waals surface area contributed by atoms with Crippen molar-refractivity contribution in [3.05, 3.63) is 53.4 Å². The molecule has 1 aliphatic rings. The summed E-state index contributed by atoms with van der Waals surface area (Å²) in [6, 6.07) is 9.35. The van der Waals surface area contributed by atoms with Crippen LogP contribution >= 0.6 is 11.3 Å². The molecule has 1 fully saturated rings. The quantitative estimate of drug-likeness (QED) is 0.532. The highest BCUT2D eigenvalue weighted by Crippen LogP contribution is 2.28. The minimum atomic E-state index is -0.0142. The summed E-state index contributed by atoms with van der Waals surface area (Å²) in [6.45, 7) is 3.79. The third-order valence-electron chi connectivity index (χ3n) is 4.46. The van der Waals surface area contributed by atoms with Crippen LogP contribution in [0.5, 0.6) is 0 Å². The zero-order valence-electron chi connectivity index (χ0n) is 14.3. The van der Waals surface area contributed by atoms with Gasteiger partial charge in [0.2, 0.25) is 0 Å². The van der Waals surface area contributed by atoms with Gasteiger partial charge < -0.3 is 20.4 Å². The van der Waals surface area contributed by atoms with Gasteiger partial charge in [0.05, 0.1) is 12.5 Å². The molecule has 0 bridgehead atoms. The Morgan fingerprint density at radius 3 is 2.92 bits per heavy atom. The first kappa shape index (κ1) is 16.8. The Hall–Kier alpha value is -2.64. The molecule has 0 aliphatic carbocycles. The molecule has 0 radical (unpaired) electrons. The number of anilines is 2. The van der Waals surface area contributed by atoms with Crippen molar-refractivity contribution < 1.29 is 9.21 Å². The number of ketones is 1. The molecule has 6 nitrogen and oxygen atoms in total. The van der Waals surface area contributed by atoms with Crippen molar-refractivity contribution in [3.8, 4) is 11.3 Å². The van der Waals surface area contributed by atoms with Gasteiger partial charge in [-0.05, 0) is 35.9 Å². The van der Waals surface area contributed by atoms with E-state index in [-0.39, 0.29) is 12.2 Å². The summed E-state index contributed by atoms with van der Waals surface area (Å²) < 4.78 is 5.43. The molecule has 0 spiro atoms. The molecular weight excluding hydrogens is 348 g/mol. The van der Waals surface area contributed by atoms with Crippen LogP contribution < -0.4 is 16.0 Å². The molecule has 2 aromatic heterocycles. The molecule has 26 heavy (non-hydrogen) atoms. The minimum Gasteiger partial charge on any atom is -0.464 e. The molecule has 1 aromatic carbocycles. The van der Waals surface area contributed by atoms with Crippen LogP contribution in [0.3, 0.4) is 0 Å². The van der Waals surface area contributed by atoms with Gasteiger partial charge >= 0.3 is 0 Å². The van der Waals surface area contributed by atoms with Gasteiger partial charge in [-0.2, -0.15) is 0 Å². The van der Waals surface area contributed by atoms with E-state index in [9.17, 15) is 4.79 Å². The molecule has 3 N–H and O–H groups in total. The zero-order chi connectivity index (χ0) is 17.9. The van der Waals surface area contributed by atoms with E-state index in [0.717, 1.165) is 48.1 Å². The van der Waals surface area contributed by atoms with E-state index in [0.29, 0.717) is 10.7 Å². The van der Waals surface area contributed by atoms with Gasteiger partial charge in [0, 0.05) is 43.9 Å². The Bertz CT molecular complexity index is 898. The average Bonchev–Trinajstić information content (AvgIpc) is 3.36. The van der Waals surface area contributed by atoms with Crippen LogP contribution in [0.25, 0.3) is 11.3 Å². The molecule has 3 aromatic rings. The number of nitrogens with two attached hydrogens (primary N) is 1. The number of carbonyl (C=O) groups is 1. The molecule has 4 rings (SSSR count). The number of benzene rings is 1. The van der Waals surface area contributed by atoms with E-state index < -0.39 is 0 Å². The number of Topliss-reactive ketones (excluding diaryl/α,β-unsaturated/α-hetero) is 1. The van der Waals surface area contributed by atoms with Gasteiger partial charge in [-0.3, -0.25) is 4.79 Å². The molecule has 0 unspecified atom stereocenters. The van der Waals surface area contributed by atoms with Gasteiger partial charge in [-0.1, -0.05) is 11.3 Å². The van der Waals surface area contributed by atoms with Crippen molar-refractivity contribution in [2.24, 2.45) is 0 Å². The zero-order valence-corrected chi connectivity index (χ0v) is 15.1. The number of nitrogens with zero attached hydrogens (tertiary/aromatic N) is 2. The van der Waals surface area contributed by atoms with Crippen molar-refractivity contribution in [1.29, 1.82) is 0 Å². The van der Waals surface area contributed by atoms with Crippen molar-refractivity contribution in [3.63, 3.8) is 0 Å². The third-order valence-corrected chi connectivity index (χ3v) is 5.56. The lowest BCUT2D eigenvalue weighted by Crippen LogP contribution is -2.43. The van der Waals surface area contributed by atoms with Crippen molar-refractivity contribution in [2.45, 2.75) is 6.42 Å². The van der Waals surface area contributed by atoms with Gasteiger partial charge in [-0.25, -0.2) is 4.98 Å². The van der Waals surface area contributed by atoms with Crippen molar-refractivity contribution in [1.82, 2.24) is 10.3 Å². The SMILES string of the molecule is Nc1ccc(-c2ccco2)cc1CC(=O)c1ncc(N2CCNCC2)s1. The van der Waals surface area contributed by atoms with E-state index in [1.165, 1.54) is 11.3 Å². The second kappa shape index (κ2) is 7.31. The molecule has 1 aliphatic heterocycles. The fourth-order valence-corrected chi connectivity index (χ4v) is 3.94. The van der Waals surface area contributed by atoms with Crippen LogP contribution in [0.4, 0.5) is 10.7 Å². The fourth-order valence-electron chi connectivity index (χ4n) is 3.03. The Labute approximate surface area is 155 Å². The number of nitrogen functional groups attached to an aromatic ring is 1. The Kier molecular flexibility index (Phi) is 4.73. The number of rotatable bonds is 5. The number of thiazole rings is 1. The molecule has 3 heterocycles. The van der Waals surface area contributed by atoms with E-state index >= 15 is 0 Å². The maximum absolute atomic E-state index is 12.7. The lowest BCUT2D eigenvalue weighted by atomic mass is 10.0. The largest absolute Gasteiger partial charge is 0.464 e. The second-order valence-corrected chi connectivity index (χ2v) is 7.24. The number of hydrogen-bond acceptors (Lipinski definition) is 7. The van der Waals surface area contributed by atoms with Crippen LogP contribution in [-0.4, -0.2) is 36.9 Å². The topological polar surface area (TPSA) is 84.4 Å². The highest BCUT2D eigenvalue weighted by molar-refractivity contribution is 7.17. The number of nitrogens with one attached hydrogen (secondary N) is 1. The number of furan rings is 1. The lowest BCUT2D eigenvalue weighted by molar-refractivity contribution is 0.0992. The molecule has 134 valence electrons. The third kappa shape index (κ3) is 3.49. The van der Waals surface area contributed by atoms with Crippen LogP contribution in [-0.2, 0) is 6.42 Å². The first-order valence-electron chi connectivity index (χ1n) is 8.58. The molecule has 7 heteroatoms. The maximum atomic E-state index is 12.7. The smallest absolute Gasteiger partial charge is 0.195 e. The number of piperazine rings is 1. The van der Waals surface area contributed by atoms with Gasteiger partial charge in [0.25, 0.3) is 0 Å². The van der Waals surface area contributed by atoms with Crippen LogP contribution in [0.1, 0.15) is 15.4 Å². The summed E-state index contributed by atoms with van der Waals surface area (Å²) in [4.78, 5) is 19.3. The molecular formula is C19H20N4O2S. The van der Waals surface area contributed by atoms with Gasteiger partial charge in [0.15, 0.2) is 10.8 Å². The van der Waals surface area contributed by atoms with Crippen LogP contribution in [0, 0.1) is 0 Å². The van der Waals surface area contributed by atoms with Crippen LogP contribution in [0.2, 0.25) is 0 Å². The maximum Gasteiger partial charge on any atom is 0.195 e. The van der Waals surface area contributed by atoms with E-state index in [1.54, 1.807) is 12.5 Å². The standard InChI is InChI=1S/C19H20N4O2S/c20-15-4-3-13(17-2-1-9-25-17)10-14(15)11-16(24)19-22-12-18(26-19)23-7-5-21-6-8-23/h1-4,9-10,12,21H,5-8,11,20H2. The Morgan fingerprint density at radius 1 is 1.31 bits per heavy atom. The summed E-state index contributed by atoms with van der Waals surface area (Å²) in [5.41, 5.74) is 8.38. The predicted octanol–water partition coefficient (Wildman–Crippen LogP) is 2.82. The molecule has 0 amide bonds. The molecule has 1 saturated heterocycles. The summed E-state index contributed by atoms with van der Waals surface area (Å²) in [6.07, 6.45) is 3.66. The molecule has 0 saturated carbocycles. The van der Waals surface area contributed by atoms with E-state index in [4.69, 9.17) is 10.2 Å². The summed E-state index contributed by atoms with van der Waals surface area (Å²) in [7, 11) is 0. The summed E-state index contributed by atoms with van der Waals surface area (Å²) in [5.74, 6) is 0.744. The van der Waals surface area contributed by atoms with Gasteiger partial charge in [0.1, 0.15) is 10.8 Å². The predicted molar refractivity (Wildman–Crippen MR) is 104 cm³/mol. The second-order valence-electron chi connectivity index (χ2n) is 6.23.